The zero-order chi connectivity index (χ0) is 29.0. The third-order valence-corrected chi connectivity index (χ3v) is 15.2. The molecule has 0 amide bonds. The number of pyridine rings is 1. The first-order valence-electron chi connectivity index (χ1n) is 14.5. The molecule has 6 rings (SSSR count). The summed E-state index contributed by atoms with van der Waals surface area (Å²) in [6.07, 6.45) is -1.60. The van der Waals surface area contributed by atoms with Gasteiger partial charge in [0.25, 0.3) is 0 Å². The van der Waals surface area contributed by atoms with E-state index in [0.29, 0.717) is 16.7 Å². The van der Waals surface area contributed by atoms with Crippen LogP contribution >= 0.6 is 0 Å². The summed E-state index contributed by atoms with van der Waals surface area (Å²) in [4.78, 5) is 0. The maximum atomic E-state index is 10.3. The summed E-state index contributed by atoms with van der Waals surface area (Å²) in [5, 5.41) is 10.3. The first-order chi connectivity index (χ1) is 18.7. The third-order valence-electron chi connectivity index (χ3n) is 7.79. The number of aryl methyl sites for hydroxylation is 2. The minimum absolute atomic E-state index is 0.384. The molecule has 3 heteroatoms. The Bertz CT molecular complexity index is 1800. The normalized spacial score (nSPS) is 20.7. The number of rotatable bonds is 2. The topological polar surface area (TPSA) is 27.7 Å². The van der Waals surface area contributed by atoms with E-state index in [1.165, 1.54) is 31.2 Å². The number of nitrogens with zero attached hydrogens (tertiary/aromatic N) is 2. The molecule has 1 aliphatic carbocycles. The molecule has 0 atom stereocenters. The first-order valence-corrected chi connectivity index (χ1v) is 18.8. The van der Waals surface area contributed by atoms with Gasteiger partial charge in [0.1, 0.15) is 0 Å². The molecule has 178 valence electrons. The molecule has 0 N–H and O–H groups in total. The molecule has 0 fully saturated rings. The van der Waals surface area contributed by atoms with E-state index in [1.807, 2.05) is 24.3 Å². The molecule has 0 unspecified atom stereocenters. The zero-order valence-corrected chi connectivity index (χ0v) is 23.8. The molecule has 3 aromatic carbocycles. The summed E-state index contributed by atoms with van der Waals surface area (Å²) in [6.45, 7) is 5.50. The Labute approximate surface area is 223 Å². The molecule has 0 saturated heterocycles. The van der Waals surface area contributed by atoms with Gasteiger partial charge in [0, 0.05) is 0 Å². The van der Waals surface area contributed by atoms with E-state index in [4.69, 9.17) is 5.48 Å². The number of hydrogen-bond donors (Lipinski definition) is 0. The van der Waals surface area contributed by atoms with Crippen molar-refractivity contribution in [1.82, 2.24) is 0 Å². The SMILES string of the molecule is [2H]C1([2H])c2ccc(-c3c(C#N)ccc4[c]3[Ge]([CH3])([CH3])[c]3c-4ccc(C)c3-c3cccc[n+]3C)cc2C([2H])([2H])C1(C)C. The van der Waals surface area contributed by atoms with Gasteiger partial charge < -0.3 is 0 Å². The maximum absolute atomic E-state index is 10.3. The number of nitriles is 1. The van der Waals surface area contributed by atoms with Crippen LogP contribution in [0.5, 0.6) is 0 Å². The number of aromatic nitrogens is 1. The quantitative estimate of drug-likeness (QED) is 0.231. The molecule has 4 aromatic rings. The molecule has 1 aliphatic heterocycles. The Hall–Kier alpha value is -3.16. The standard InChI is InChI=1S/C33H33GeN2/c1-21-10-14-26-27-15-13-24(20-35)30(22-11-12-23-18-33(2,3)19-25(23)17-22)32(27)34(4,5)31(26)29(21)28-9-7-8-16-36(28)6/h7-17H,18-19H2,1-6H3/q+1/i18D2,19D2. The molecular weight excluding hydrogens is 497 g/mol. The molecule has 0 radical (unpaired) electrons. The van der Waals surface area contributed by atoms with Crippen LogP contribution < -0.4 is 13.4 Å². The fourth-order valence-corrected chi connectivity index (χ4v) is 14.5. The number of hydrogen-bond acceptors (Lipinski definition) is 1. The summed E-state index contributed by atoms with van der Waals surface area (Å²) in [6, 6.07) is 22.6. The Morgan fingerprint density at radius 3 is 2.33 bits per heavy atom. The molecule has 2 aliphatic rings. The fraction of sp³-hybridized carbons (Fsp3) is 0.273. The molecule has 1 aromatic heterocycles. The van der Waals surface area contributed by atoms with Crippen LogP contribution in [0.25, 0.3) is 33.5 Å². The van der Waals surface area contributed by atoms with Crippen molar-refractivity contribution in [2.45, 2.75) is 45.0 Å². The van der Waals surface area contributed by atoms with E-state index in [9.17, 15) is 5.26 Å². The first kappa shape index (κ1) is 19.0. The van der Waals surface area contributed by atoms with Gasteiger partial charge in [-0.05, 0) is 0 Å². The van der Waals surface area contributed by atoms with Crippen LogP contribution in [0, 0.1) is 23.7 Å². The van der Waals surface area contributed by atoms with Gasteiger partial charge >= 0.3 is 224 Å². The minimum atomic E-state index is -3.06. The predicted molar refractivity (Wildman–Crippen MR) is 151 cm³/mol. The van der Waals surface area contributed by atoms with Crippen molar-refractivity contribution >= 4 is 22.1 Å². The van der Waals surface area contributed by atoms with Crippen molar-refractivity contribution < 1.29 is 10.1 Å². The van der Waals surface area contributed by atoms with Crippen molar-refractivity contribution in [1.29, 1.82) is 5.26 Å². The Morgan fingerprint density at radius 1 is 0.917 bits per heavy atom. The van der Waals surface area contributed by atoms with Crippen molar-refractivity contribution in [3.8, 4) is 39.6 Å². The zero-order valence-electron chi connectivity index (χ0n) is 25.7. The van der Waals surface area contributed by atoms with Gasteiger partial charge in [-0.2, -0.15) is 0 Å². The summed E-state index contributed by atoms with van der Waals surface area (Å²) in [7, 11) is 2.08. The van der Waals surface area contributed by atoms with Crippen molar-refractivity contribution in [2.24, 2.45) is 12.5 Å². The van der Waals surface area contributed by atoms with Crippen molar-refractivity contribution in [3.05, 3.63) is 89.1 Å². The van der Waals surface area contributed by atoms with E-state index < -0.39 is 31.4 Å². The predicted octanol–water partition coefficient (Wildman–Crippen LogP) is 5.95. The number of fused-ring (bicyclic) bond motifs is 4. The van der Waals surface area contributed by atoms with Crippen LogP contribution in [0.1, 0.15) is 41.6 Å². The van der Waals surface area contributed by atoms with Gasteiger partial charge in [-0.1, -0.05) is 0 Å². The number of benzene rings is 3. The average Bonchev–Trinajstić information content (AvgIpc) is 3.19. The molecule has 0 bridgehead atoms. The molecule has 2 heterocycles. The third kappa shape index (κ3) is 3.33. The molecule has 0 spiro atoms. The van der Waals surface area contributed by atoms with Crippen LogP contribution in [-0.2, 0) is 19.8 Å². The molecular formula is C33H33GeN2+. The van der Waals surface area contributed by atoms with Crippen LogP contribution in [0.3, 0.4) is 0 Å². The van der Waals surface area contributed by atoms with Crippen LogP contribution in [0.2, 0.25) is 11.5 Å². The van der Waals surface area contributed by atoms with E-state index in [2.05, 4.69) is 72.6 Å². The van der Waals surface area contributed by atoms with Crippen molar-refractivity contribution in [3.63, 3.8) is 0 Å². The second-order valence-electron chi connectivity index (χ2n) is 11.2. The summed E-state index contributed by atoms with van der Waals surface area (Å²) in [5.74, 6) is 4.80. The molecule has 36 heavy (non-hydrogen) atoms. The van der Waals surface area contributed by atoms with E-state index in [-0.39, 0.29) is 0 Å². The van der Waals surface area contributed by atoms with Gasteiger partial charge in [-0.15, -0.1) is 0 Å². The fourth-order valence-electron chi connectivity index (χ4n) is 6.30. The van der Waals surface area contributed by atoms with E-state index in [0.717, 1.165) is 16.7 Å². The Kier molecular flexibility index (Phi) is 4.18. The summed E-state index contributed by atoms with van der Waals surface area (Å²) in [5.41, 5.74) is 7.85. The van der Waals surface area contributed by atoms with Gasteiger partial charge in [-0.25, -0.2) is 0 Å². The second-order valence-corrected chi connectivity index (χ2v) is 20.1. The monoisotopic (exact) mass is 535 g/mol. The van der Waals surface area contributed by atoms with E-state index in [1.54, 1.807) is 19.9 Å². The van der Waals surface area contributed by atoms with Gasteiger partial charge in [0.05, 0.1) is 0 Å². The summed E-state index contributed by atoms with van der Waals surface area (Å²) < 4.78 is 40.3. The second kappa shape index (κ2) is 7.92. The Balaban J connectivity index is 1.66. The molecule has 0 saturated carbocycles. The van der Waals surface area contributed by atoms with Crippen LogP contribution in [0.15, 0.2) is 66.9 Å². The van der Waals surface area contributed by atoms with Crippen molar-refractivity contribution in [2.75, 3.05) is 0 Å². The van der Waals surface area contributed by atoms with Gasteiger partial charge in [0.15, 0.2) is 0 Å². The van der Waals surface area contributed by atoms with E-state index >= 15 is 0 Å². The van der Waals surface area contributed by atoms with Crippen LogP contribution in [-0.4, -0.2) is 13.3 Å². The van der Waals surface area contributed by atoms with Crippen LogP contribution in [0.4, 0.5) is 0 Å². The van der Waals surface area contributed by atoms with Gasteiger partial charge in [-0.3, -0.25) is 0 Å². The molecule has 2 nitrogen and oxygen atoms in total. The average molecular weight is 534 g/mol. The van der Waals surface area contributed by atoms with Gasteiger partial charge in [0.2, 0.25) is 0 Å². The summed E-state index contributed by atoms with van der Waals surface area (Å²) >= 11 is -3.06. The Morgan fingerprint density at radius 2 is 1.61 bits per heavy atom.